The van der Waals surface area contributed by atoms with Crippen molar-refractivity contribution in [3.63, 3.8) is 0 Å². The SMILES string of the molecule is CCCn1cc(S(=O)(=O)NCCc2ccccn2)c(N)n1. The maximum atomic E-state index is 12.2. The zero-order chi connectivity index (χ0) is 15.3. The molecule has 0 fully saturated rings. The van der Waals surface area contributed by atoms with Gasteiger partial charge in [0.15, 0.2) is 5.82 Å². The molecule has 8 heteroatoms. The summed E-state index contributed by atoms with van der Waals surface area (Å²) in [5.41, 5.74) is 6.51. The van der Waals surface area contributed by atoms with Gasteiger partial charge in [0.05, 0.1) is 0 Å². The number of nitrogens with zero attached hydrogens (tertiary/aromatic N) is 3. The molecule has 0 aliphatic heterocycles. The van der Waals surface area contributed by atoms with Crippen molar-refractivity contribution in [1.82, 2.24) is 19.5 Å². The van der Waals surface area contributed by atoms with Crippen molar-refractivity contribution >= 4 is 15.8 Å². The van der Waals surface area contributed by atoms with Crippen LogP contribution in [-0.4, -0.2) is 29.7 Å². The van der Waals surface area contributed by atoms with Crippen LogP contribution >= 0.6 is 0 Å². The van der Waals surface area contributed by atoms with Crippen LogP contribution < -0.4 is 10.5 Å². The Kier molecular flexibility index (Phi) is 4.92. The first-order valence-corrected chi connectivity index (χ1v) is 8.23. The summed E-state index contributed by atoms with van der Waals surface area (Å²) in [4.78, 5) is 4.17. The minimum atomic E-state index is -3.64. The van der Waals surface area contributed by atoms with Gasteiger partial charge in [0, 0.05) is 37.6 Å². The molecule has 3 N–H and O–H groups in total. The van der Waals surface area contributed by atoms with E-state index in [0.29, 0.717) is 13.0 Å². The molecule has 0 spiro atoms. The molecule has 0 bridgehead atoms. The number of hydrogen-bond donors (Lipinski definition) is 2. The van der Waals surface area contributed by atoms with E-state index in [2.05, 4.69) is 14.8 Å². The predicted octanol–water partition coefficient (Wildman–Crippen LogP) is 0.791. The van der Waals surface area contributed by atoms with Crippen LogP contribution in [0.4, 0.5) is 5.82 Å². The van der Waals surface area contributed by atoms with Gasteiger partial charge in [-0.3, -0.25) is 9.67 Å². The second kappa shape index (κ2) is 6.68. The van der Waals surface area contributed by atoms with Gasteiger partial charge in [-0.2, -0.15) is 5.10 Å². The van der Waals surface area contributed by atoms with Gasteiger partial charge in [-0.25, -0.2) is 13.1 Å². The highest BCUT2D eigenvalue weighted by molar-refractivity contribution is 7.89. The van der Waals surface area contributed by atoms with E-state index in [-0.39, 0.29) is 17.3 Å². The normalized spacial score (nSPS) is 11.7. The van der Waals surface area contributed by atoms with Crippen molar-refractivity contribution in [2.45, 2.75) is 31.2 Å². The van der Waals surface area contributed by atoms with Crippen LogP contribution in [0.5, 0.6) is 0 Å². The van der Waals surface area contributed by atoms with Crippen molar-refractivity contribution < 1.29 is 8.42 Å². The van der Waals surface area contributed by atoms with Crippen molar-refractivity contribution in [2.24, 2.45) is 0 Å². The lowest BCUT2D eigenvalue weighted by molar-refractivity contribution is 0.579. The van der Waals surface area contributed by atoms with Gasteiger partial charge < -0.3 is 5.73 Å². The summed E-state index contributed by atoms with van der Waals surface area (Å²) < 4.78 is 28.5. The summed E-state index contributed by atoms with van der Waals surface area (Å²) in [6.45, 7) is 2.88. The highest BCUT2D eigenvalue weighted by Gasteiger charge is 2.20. The summed E-state index contributed by atoms with van der Waals surface area (Å²) in [6, 6.07) is 5.53. The third kappa shape index (κ3) is 4.02. The molecule has 0 aliphatic rings. The van der Waals surface area contributed by atoms with E-state index < -0.39 is 10.0 Å². The lowest BCUT2D eigenvalue weighted by Crippen LogP contribution is -2.26. The molecule has 2 aromatic heterocycles. The number of hydrogen-bond acceptors (Lipinski definition) is 5. The quantitative estimate of drug-likeness (QED) is 0.787. The van der Waals surface area contributed by atoms with Crippen molar-refractivity contribution in [1.29, 1.82) is 0 Å². The highest BCUT2D eigenvalue weighted by Crippen LogP contribution is 2.16. The van der Waals surface area contributed by atoms with E-state index in [1.165, 1.54) is 6.20 Å². The van der Waals surface area contributed by atoms with Gasteiger partial charge in [-0.15, -0.1) is 0 Å². The molecular weight excluding hydrogens is 290 g/mol. The third-order valence-electron chi connectivity index (χ3n) is 2.90. The lowest BCUT2D eigenvalue weighted by atomic mass is 10.3. The minimum Gasteiger partial charge on any atom is -0.381 e. The summed E-state index contributed by atoms with van der Waals surface area (Å²) in [5.74, 6) is 0.0220. The molecule has 0 saturated carbocycles. The van der Waals surface area contributed by atoms with Crippen LogP contribution in [0.1, 0.15) is 19.0 Å². The van der Waals surface area contributed by atoms with Crippen LogP contribution in [0.2, 0.25) is 0 Å². The standard InChI is InChI=1S/C13H19N5O2S/c1-2-9-18-10-12(13(14)17-18)21(19,20)16-8-6-11-5-3-4-7-15-11/h3-5,7,10,16H,2,6,8-9H2,1H3,(H2,14,17). The van der Waals surface area contributed by atoms with Crippen molar-refractivity contribution in [3.05, 3.63) is 36.3 Å². The molecule has 21 heavy (non-hydrogen) atoms. The Morgan fingerprint density at radius 2 is 2.19 bits per heavy atom. The summed E-state index contributed by atoms with van der Waals surface area (Å²) >= 11 is 0. The second-order valence-electron chi connectivity index (χ2n) is 4.61. The first-order valence-electron chi connectivity index (χ1n) is 6.75. The molecule has 0 saturated heterocycles. The minimum absolute atomic E-state index is 0.0220. The fourth-order valence-electron chi connectivity index (χ4n) is 1.91. The fraction of sp³-hybridized carbons (Fsp3) is 0.385. The summed E-state index contributed by atoms with van der Waals surface area (Å²) in [5, 5.41) is 4.00. The predicted molar refractivity (Wildman–Crippen MR) is 80.1 cm³/mol. The monoisotopic (exact) mass is 309 g/mol. The van der Waals surface area contributed by atoms with E-state index in [4.69, 9.17) is 5.73 Å². The van der Waals surface area contributed by atoms with E-state index in [0.717, 1.165) is 12.1 Å². The van der Waals surface area contributed by atoms with Crippen LogP contribution in [0.15, 0.2) is 35.5 Å². The number of nitrogens with one attached hydrogen (secondary N) is 1. The highest BCUT2D eigenvalue weighted by atomic mass is 32.2. The Hall–Kier alpha value is -1.93. The number of anilines is 1. The Labute approximate surface area is 124 Å². The molecule has 0 aromatic carbocycles. The molecule has 7 nitrogen and oxygen atoms in total. The first-order chi connectivity index (χ1) is 10.0. The van der Waals surface area contributed by atoms with Crippen LogP contribution in [0.25, 0.3) is 0 Å². The maximum Gasteiger partial charge on any atom is 0.245 e. The smallest absolute Gasteiger partial charge is 0.245 e. The first kappa shape index (κ1) is 15.5. The molecule has 0 aliphatic carbocycles. The van der Waals surface area contributed by atoms with Gasteiger partial charge in [0.1, 0.15) is 4.90 Å². The number of aryl methyl sites for hydroxylation is 1. The number of rotatable bonds is 7. The molecule has 2 heterocycles. The number of nitrogen functional groups attached to an aromatic ring is 1. The second-order valence-corrected chi connectivity index (χ2v) is 6.35. The third-order valence-corrected chi connectivity index (χ3v) is 4.37. The average Bonchev–Trinajstić information content (AvgIpc) is 2.82. The number of aromatic nitrogens is 3. The molecule has 0 atom stereocenters. The van der Waals surface area contributed by atoms with E-state index in [1.54, 1.807) is 10.9 Å². The van der Waals surface area contributed by atoms with Crippen LogP contribution in [-0.2, 0) is 23.0 Å². The number of nitrogens with two attached hydrogens (primary N) is 1. The van der Waals surface area contributed by atoms with Gasteiger partial charge >= 0.3 is 0 Å². The topological polar surface area (TPSA) is 103 Å². The molecule has 114 valence electrons. The maximum absolute atomic E-state index is 12.2. The Bertz CT molecular complexity index is 682. The average molecular weight is 309 g/mol. The van der Waals surface area contributed by atoms with Crippen molar-refractivity contribution in [3.8, 4) is 0 Å². The van der Waals surface area contributed by atoms with Gasteiger partial charge in [0.25, 0.3) is 0 Å². The van der Waals surface area contributed by atoms with E-state index in [1.807, 2.05) is 25.1 Å². The summed E-state index contributed by atoms with van der Waals surface area (Å²) in [6.07, 6.45) is 4.51. The van der Waals surface area contributed by atoms with Crippen molar-refractivity contribution in [2.75, 3.05) is 12.3 Å². The zero-order valence-corrected chi connectivity index (χ0v) is 12.7. The molecular formula is C13H19N5O2S. The van der Waals surface area contributed by atoms with E-state index in [9.17, 15) is 8.42 Å². The van der Waals surface area contributed by atoms with Gasteiger partial charge in [-0.1, -0.05) is 13.0 Å². The molecule has 0 unspecified atom stereocenters. The van der Waals surface area contributed by atoms with E-state index >= 15 is 0 Å². The molecule has 2 aromatic rings. The van der Waals surface area contributed by atoms with Crippen LogP contribution in [0, 0.1) is 0 Å². The van der Waals surface area contributed by atoms with Crippen LogP contribution in [0.3, 0.4) is 0 Å². The molecule has 2 rings (SSSR count). The Morgan fingerprint density at radius 1 is 1.38 bits per heavy atom. The number of sulfonamides is 1. The van der Waals surface area contributed by atoms with Gasteiger partial charge in [-0.05, 0) is 18.6 Å². The molecule has 0 amide bonds. The Balaban J connectivity index is 2.01. The summed E-state index contributed by atoms with van der Waals surface area (Å²) in [7, 11) is -3.64. The fourth-order valence-corrected chi connectivity index (χ4v) is 3.01. The zero-order valence-electron chi connectivity index (χ0n) is 11.9. The van der Waals surface area contributed by atoms with Gasteiger partial charge in [0.2, 0.25) is 10.0 Å². The largest absolute Gasteiger partial charge is 0.381 e. The molecule has 0 radical (unpaired) electrons. The lowest BCUT2D eigenvalue weighted by Gasteiger charge is -2.05. The Morgan fingerprint density at radius 3 is 2.86 bits per heavy atom. The number of pyridine rings is 1.